The van der Waals surface area contributed by atoms with Crippen LogP contribution in [0, 0.1) is 6.92 Å². The first-order chi connectivity index (χ1) is 10.5. The molecule has 0 aliphatic carbocycles. The summed E-state index contributed by atoms with van der Waals surface area (Å²) in [5.74, 6) is 0. The lowest BCUT2D eigenvalue weighted by Crippen LogP contribution is -2.27. The zero-order valence-corrected chi connectivity index (χ0v) is 9.21. The minimum Gasteiger partial charge on any atom is -0.388 e. The Balaban J connectivity index is 3.39. The van der Waals surface area contributed by atoms with Crippen molar-refractivity contribution in [3.63, 3.8) is 0 Å². The Morgan fingerprint density at radius 3 is 2.50 bits per heavy atom. The molecule has 0 aliphatic rings. The van der Waals surface area contributed by atoms with Crippen LogP contribution in [0.3, 0.4) is 0 Å². The molecule has 0 aliphatic heterocycles. The maximum absolute atomic E-state index is 12.1. The van der Waals surface area contributed by atoms with Crippen molar-refractivity contribution < 1.29 is 28.7 Å². The molecule has 4 nitrogen and oxygen atoms in total. The summed E-state index contributed by atoms with van der Waals surface area (Å²) in [4.78, 5) is -0.518. The van der Waals surface area contributed by atoms with Gasteiger partial charge in [0, 0.05) is 8.22 Å². The fourth-order valence-corrected chi connectivity index (χ4v) is 1.66. The third kappa shape index (κ3) is 3.92. The maximum atomic E-state index is 12.1. The van der Waals surface area contributed by atoms with Gasteiger partial charge < -0.3 is 5.11 Å². The lowest BCUT2D eigenvalue weighted by atomic mass is 10.2. The minimum absolute atomic E-state index is 0.518. The van der Waals surface area contributed by atoms with E-state index in [4.69, 9.17) is 11.0 Å². The Labute approximate surface area is 107 Å². The van der Waals surface area contributed by atoms with E-state index >= 15 is 0 Å². The van der Waals surface area contributed by atoms with Gasteiger partial charge in [-0.1, -0.05) is 17.7 Å². The average molecular weight is 252 g/mol. The van der Waals surface area contributed by atoms with Gasteiger partial charge in [-0.3, -0.25) is 4.18 Å². The van der Waals surface area contributed by atoms with Crippen molar-refractivity contribution in [2.45, 2.75) is 31.1 Å². The van der Waals surface area contributed by atoms with Gasteiger partial charge in [0.05, 0.1) is 19.8 Å². The molecule has 0 bridgehead atoms. The Morgan fingerprint density at radius 2 is 2.00 bits per heavy atom. The first kappa shape index (κ1) is 5.62. The van der Waals surface area contributed by atoms with E-state index in [9.17, 15) is 13.5 Å². The van der Waals surface area contributed by atoms with Gasteiger partial charge in [0.25, 0.3) is 10.1 Å². The van der Waals surface area contributed by atoms with Crippen molar-refractivity contribution in [1.29, 1.82) is 0 Å². The second kappa shape index (κ2) is 4.53. The van der Waals surface area contributed by atoms with Gasteiger partial charge in [0.2, 0.25) is 0 Å². The molecule has 0 radical (unpaired) electrons. The van der Waals surface area contributed by atoms with E-state index in [0.717, 1.165) is 12.1 Å². The smallest absolute Gasteiger partial charge is 0.297 e. The van der Waals surface area contributed by atoms with Crippen LogP contribution in [0.2, 0.25) is 0 Å². The summed E-state index contributed by atoms with van der Waals surface area (Å²) < 4.78 is 86.4. The number of hydrogen-bond acceptors (Lipinski definition) is 4. The molecule has 1 rings (SSSR count). The molecular formula is C11H16O4S. The lowest BCUT2D eigenvalue weighted by Gasteiger charge is -2.16. The van der Waals surface area contributed by atoms with E-state index in [-0.39, 0.29) is 0 Å². The summed E-state index contributed by atoms with van der Waals surface area (Å²) in [7, 11) is -4.87. The van der Waals surface area contributed by atoms with Gasteiger partial charge in [-0.25, -0.2) is 0 Å². The van der Waals surface area contributed by atoms with Gasteiger partial charge in [-0.15, -0.1) is 0 Å². The van der Waals surface area contributed by atoms with E-state index in [1.807, 2.05) is 0 Å². The Bertz CT molecular complexity index is 676. The Kier molecular flexibility index (Phi) is 1.59. The SMILES string of the molecule is [2H]C([2H])([2H])C(O)(C([2H])([2H])[2H])C([2H])([2H])OS(=O)(=O)c1ccc(C)cc1. The molecule has 0 saturated carbocycles. The standard InChI is InChI=1S/C11H16O4S/c1-9-4-6-10(7-5-9)16(13,14)15-8-11(2,3)12/h4-7,12H,8H2,1-3H3/i2D3,3D3,8D2. The number of rotatable bonds is 4. The zero-order valence-electron chi connectivity index (χ0n) is 16.4. The lowest BCUT2D eigenvalue weighted by molar-refractivity contribution is 0.0307. The molecule has 1 N–H and O–H groups in total. The molecule has 0 fully saturated rings. The molecule has 0 saturated heterocycles. The van der Waals surface area contributed by atoms with Crippen molar-refractivity contribution in [3.8, 4) is 0 Å². The topological polar surface area (TPSA) is 63.6 Å². The Morgan fingerprint density at radius 1 is 1.44 bits per heavy atom. The third-order valence-corrected chi connectivity index (χ3v) is 2.76. The van der Waals surface area contributed by atoms with E-state index in [0.29, 0.717) is 5.56 Å². The van der Waals surface area contributed by atoms with Crippen LogP contribution in [0.1, 0.15) is 30.2 Å². The maximum Gasteiger partial charge on any atom is 0.297 e. The predicted octanol–water partition coefficient (Wildman–Crippen LogP) is 1.47. The fraction of sp³-hybridized carbons (Fsp3) is 0.455. The number of hydrogen-bond donors (Lipinski definition) is 1. The monoisotopic (exact) mass is 252 g/mol. The molecule has 0 aromatic heterocycles. The summed E-state index contributed by atoms with van der Waals surface area (Å²) in [6, 6.07) is 4.91. The van der Waals surface area contributed by atoms with Crippen LogP contribution in [0.5, 0.6) is 0 Å². The molecule has 90 valence electrons. The highest BCUT2D eigenvalue weighted by molar-refractivity contribution is 7.86. The normalized spacial score (nSPS) is 22.6. The summed E-state index contributed by atoms with van der Waals surface area (Å²) in [6.45, 7) is -9.86. The van der Waals surface area contributed by atoms with Crippen LogP contribution in [0.25, 0.3) is 0 Å². The molecule has 1 aromatic carbocycles. The molecule has 0 heterocycles. The van der Waals surface area contributed by atoms with Crippen molar-refractivity contribution >= 4 is 10.1 Å². The second-order valence-corrected chi connectivity index (χ2v) is 4.71. The van der Waals surface area contributed by atoms with Crippen molar-refractivity contribution in [1.82, 2.24) is 0 Å². The fourth-order valence-electron chi connectivity index (χ4n) is 0.868. The first-order valence-electron chi connectivity index (χ1n) is 8.20. The molecule has 0 atom stereocenters. The van der Waals surface area contributed by atoms with Crippen molar-refractivity contribution in [3.05, 3.63) is 29.8 Å². The molecular weight excluding hydrogens is 228 g/mol. The predicted molar refractivity (Wildman–Crippen MR) is 60.6 cm³/mol. The number of benzene rings is 1. The van der Waals surface area contributed by atoms with Crippen LogP contribution >= 0.6 is 0 Å². The summed E-state index contributed by atoms with van der Waals surface area (Å²) in [6.07, 6.45) is 0. The molecule has 0 amide bonds. The molecule has 0 spiro atoms. The van der Waals surface area contributed by atoms with Gasteiger partial charge in [0.15, 0.2) is 0 Å². The summed E-state index contributed by atoms with van der Waals surface area (Å²) in [5.41, 5.74) is -3.37. The number of aryl methyl sites for hydroxylation is 1. The highest BCUT2D eigenvalue weighted by Gasteiger charge is 2.20. The highest BCUT2D eigenvalue weighted by atomic mass is 32.2. The minimum atomic E-state index is -4.87. The van der Waals surface area contributed by atoms with Gasteiger partial charge in [0.1, 0.15) is 0 Å². The van der Waals surface area contributed by atoms with Crippen LogP contribution < -0.4 is 0 Å². The van der Waals surface area contributed by atoms with Gasteiger partial charge >= 0.3 is 0 Å². The number of aliphatic hydroxyl groups is 1. The largest absolute Gasteiger partial charge is 0.388 e. The van der Waals surface area contributed by atoms with Crippen LogP contribution in [-0.4, -0.2) is 25.7 Å². The zero-order chi connectivity index (χ0) is 19.2. The van der Waals surface area contributed by atoms with E-state index in [2.05, 4.69) is 4.18 Å². The Hall–Kier alpha value is -0.910. The highest BCUT2D eigenvalue weighted by Crippen LogP contribution is 2.15. The summed E-state index contributed by atoms with van der Waals surface area (Å²) in [5, 5.41) is 10.1. The van der Waals surface area contributed by atoms with Crippen LogP contribution in [0.15, 0.2) is 29.2 Å². The average Bonchev–Trinajstić information content (AvgIpc) is 2.34. The van der Waals surface area contributed by atoms with E-state index < -0.39 is 40.9 Å². The van der Waals surface area contributed by atoms with Crippen LogP contribution in [0.4, 0.5) is 0 Å². The summed E-state index contributed by atoms with van der Waals surface area (Å²) >= 11 is 0. The van der Waals surface area contributed by atoms with Gasteiger partial charge in [-0.05, 0) is 32.8 Å². The van der Waals surface area contributed by atoms with Crippen molar-refractivity contribution in [2.75, 3.05) is 6.56 Å². The van der Waals surface area contributed by atoms with Crippen molar-refractivity contribution in [2.24, 2.45) is 0 Å². The second-order valence-electron chi connectivity index (χ2n) is 3.16. The van der Waals surface area contributed by atoms with Gasteiger partial charge in [-0.2, -0.15) is 8.42 Å². The third-order valence-electron chi connectivity index (χ3n) is 1.61. The van der Waals surface area contributed by atoms with E-state index in [1.165, 1.54) is 12.1 Å². The first-order valence-corrected chi connectivity index (χ1v) is 5.61. The molecule has 1 aromatic rings. The van der Waals surface area contributed by atoms with E-state index in [1.54, 1.807) is 6.92 Å². The van der Waals surface area contributed by atoms with Crippen LogP contribution in [-0.2, 0) is 14.3 Å². The molecule has 0 unspecified atom stereocenters. The molecule has 5 heteroatoms. The quantitative estimate of drug-likeness (QED) is 0.824. The molecule has 16 heavy (non-hydrogen) atoms.